The zero-order valence-electron chi connectivity index (χ0n) is 17.0. The van der Waals surface area contributed by atoms with Gasteiger partial charge in [-0.25, -0.2) is 4.98 Å². The summed E-state index contributed by atoms with van der Waals surface area (Å²) in [5.74, 6) is -0.407. The summed E-state index contributed by atoms with van der Waals surface area (Å²) in [5.41, 5.74) is 2.41. The molecule has 4 rings (SSSR count). The van der Waals surface area contributed by atoms with E-state index < -0.39 is 11.4 Å². The molecule has 0 aliphatic rings. The van der Waals surface area contributed by atoms with E-state index in [1.165, 1.54) is 13.8 Å². The molecule has 0 fully saturated rings. The Balaban J connectivity index is 2.03. The first-order chi connectivity index (χ1) is 14.6. The number of carbonyl (C=O) groups excluding carboxylic acids is 1. The third kappa shape index (κ3) is 4.15. The predicted molar refractivity (Wildman–Crippen MR) is 128 cm³/mol. The van der Waals surface area contributed by atoms with Crippen molar-refractivity contribution in [2.24, 2.45) is 0 Å². The maximum absolute atomic E-state index is 12.7. The minimum Gasteiger partial charge on any atom is -0.434 e. The summed E-state index contributed by atoms with van der Waals surface area (Å²) in [5, 5.41) is 12.0. The zero-order valence-corrected chi connectivity index (χ0v) is 20.1. The molecule has 0 aliphatic carbocycles. The van der Waals surface area contributed by atoms with Gasteiger partial charge in [-0.2, -0.15) is 0 Å². The van der Waals surface area contributed by atoms with Crippen molar-refractivity contribution in [2.75, 3.05) is 0 Å². The van der Waals surface area contributed by atoms with Crippen LogP contribution in [0.1, 0.15) is 30.0 Å². The second kappa shape index (κ2) is 8.06. The van der Waals surface area contributed by atoms with Crippen molar-refractivity contribution in [1.29, 1.82) is 0 Å². The van der Waals surface area contributed by atoms with Gasteiger partial charge in [0, 0.05) is 31.6 Å². The molecule has 2 heterocycles. The van der Waals surface area contributed by atoms with Crippen molar-refractivity contribution in [1.82, 2.24) is 4.98 Å². The predicted octanol–water partition coefficient (Wildman–Crippen LogP) is 7.49. The maximum Gasteiger partial charge on any atom is 0.229 e. The van der Waals surface area contributed by atoms with Gasteiger partial charge in [0.25, 0.3) is 0 Å². The molecule has 158 valence electrons. The Labute approximate surface area is 197 Å². The van der Waals surface area contributed by atoms with Crippen LogP contribution >= 0.6 is 39.1 Å². The second-order valence-electron chi connectivity index (χ2n) is 7.81. The number of aromatic nitrogens is 1. The summed E-state index contributed by atoms with van der Waals surface area (Å²) in [4.78, 5) is 17.4. The van der Waals surface area contributed by atoms with E-state index in [1.807, 2.05) is 30.3 Å². The van der Waals surface area contributed by atoms with E-state index in [1.54, 1.807) is 25.1 Å². The highest BCUT2D eigenvalue weighted by molar-refractivity contribution is 9.10. The number of carbonyl (C=O) groups is 1. The molecule has 0 bridgehead atoms. The van der Waals surface area contributed by atoms with Crippen LogP contribution in [0.2, 0.25) is 10.0 Å². The van der Waals surface area contributed by atoms with E-state index in [0.29, 0.717) is 32.4 Å². The summed E-state index contributed by atoms with van der Waals surface area (Å²) in [7, 11) is 0. The number of aliphatic hydroxyl groups is 1. The topological polar surface area (TPSA) is 63.3 Å². The Morgan fingerprint density at radius 3 is 2.35 bits per heavy atom. The van der Waals surface area contributed by atoms with Crippen LogP contribution in [-0.2, 0) is 0 Å². The lowest BCUT2D eigenvalue weighted by Gasteiger charge is -2.13. The van der Waals surface area contributed by atoms with E-state index >= 15 is 0 Å². The molecule has 0 amide bonds. The van der Waals surface area contributed by atoms with Crippen molar-refractivity contribution >= 4 is 56.0 Å². The van der Waals surface area contributed by atoms with E-state index in [0.717, 1.165) is 21.2 Å². The maximum atomic E-state index is 12.7. The number of halogens is 3. The summed E-state index contributed by atoms with van der Waals surface area (Å²) in [6.07, 6.45) is 0. The van der Waals surface area contributed by atoms with Crippen molar-refractivity contribution in [3.8, 4) is 22.4 Å². The van der Waals surface area contributed by atoms with Crippen LogP contribution in [0.3, 0.4) is 0 Å². The van der Waals surface area contributed by atoms with E-state index in [9.17, 15) is 9.90 Å². The highest BCUT2D eigenvalue weighted by Crippen LogP contribution is 2.40. The van der Waals surface area contributed by atoms with Crippen LogP contribution in [-0.4, -0.2) is 21.5 Å². The minimum atomic E-state index is -1.56. The van der Waals surface area contributed by atoms with Crippen molar-refractivity contribution < 1.29 is 14.3 Å². The Kier molecular flexibility index (Phi) is 5.73. The Hall–Kier alpha value is -2.18. The van der Waals surface area contributed by atoms with Gasteiger partial charge in [-0.05, 0) is 56.7 Å². The summed E-state index contributed by atoms with van der Waals surface area (Å²) < 4.78 is 6.68. The van der Waals surface area contributed by atoms with Gasteiger partial charge in [0.15, 0.2) is 5.76 Å². The summed E-state index contributed by atoms with van der Waals surface area (Å²) >= 11 is 16.0. The summed E-state index contributed by atoms with van der Waals surface area (Å²) in [6.45, 7) is 4.65. The van der Waals surface area contributed by atoms with E-state index in [-0.39, 0.29) is 5.76 Å². The number of benzene rings is 2. The fourth-order valence-corrected chi connectivity index (χ4v) is 4.26. The molecule has 4 aromatic rings. The minimum absolute atomic E-state index is 0.0936. The highest BCUT2D eigenvalue weighted by atomic mass is 79.9. The molecule has 2 aromatic heterocycles. The number of ketones is 1. The molecule has 31 heavy (non-hydrogen) atoms. The fourth-order valence-electron chi connectivity index (χ4n) is 3.37. The molecule has 0 atom stereocenters. The molecule has 7 heteroatoms. The third-order valence-corrected chi connectivity index (χ3v) is 6.09. The Morgan fingerprint density at radius 2 is 1.74 bits per heavy atom. The third-order valence-electron chi connectivity index (χ3n) is 5.03. The second-order valence-corrected chi connectivity index (χ2v) is 9.57. The zero-order chi connectivity index (χ0) is 22.5. The Morgan fingerprint density at radius 1 is 1.06 bits per heavy atom. The lowest BCUT2D eigenvalue weighted by Crippen LogP contribution is -2.31. The highest BCUT2D eigenvalue weighted by Gasteiger charge is 2.31. The summed E-state index contributed by atoms with van der Waals surface area (Å²) in [6, 6.07) is 14.9. The number of aryl methyl sites for hydroxylation is 1. The number of fused-ring (bicyclic) bond motifs is 1. The largest absolute Gasteiger partial charge is 0.434 e. The lowest BCUT2D eigenvalue weighted by molar-refractivity contribution is 0.0460. The van der Waals surface area contributed by atoms with Crippen LogP contribution in [0.25, 0.3) is 33.5 Å². The van der Waals surface area contributed by atoms with Gasteiger partial charge in [0.1, 0.15) is 5.60 Å². The van der Waals surface area contributed by atoms with Gasteiger partial charge in [-0.3, -0.25) is 4.79 Å². The normalized spacial score (nSPS) is 11.8. The SMILES string of the molecule is Cc1c(C(=O)C(C)(C)O)oc2nc(-c3ccc(Br)cc3Cl)c(-c3ccc(Cl)cc3)cc12. The van der Waals surface area contributed by atoms with Crippen molar-refractivity contribution in [3.63, 3.8) is 0 Å². The van der Waals surface area contributed by atoms with E-state index in [4.69, 9.17) is 32.6 Å². The number of furan rings is 1. The molecule has 1 N–H and O–H groups in total. The number of rotatable bonds is 4. The van der Waals surface area contributed by atoms with Gasteiger partial charge in [-0.1, -0.05) is 57.3 Å². The molecular weight excluding hydrogens is 501 g/mol. The molecule has 0 spiro atoms. The molecule has 0 radical (unpaired) electrons. The van der Waals surface area contributed by atoms with Gasteiger partial charge >= 0.3 is 0 Å². The van der Waals surface area contributed by atoms with Crippen molar-refractivity contribution in [3.05, 3.63) is 74.4 Å². The van der Waals surface area contributed by atoms with Crippen LogP contribution in [0.4, 0.5) is 0 Å². The number of nitrogens with zero attached hydrogens (tertiary/aromatic N) is 1. The fraction of sp³-hybridized carbons (Fsp3) is 0.167. The smallest absolute Gasteiger partial charge is 0.229 e. The first kappa shape index (κ1) is 22.0. The van der Waals surface area contributed by atoms with Crippen molar-refractivity contribution in [2.45, 2.75) is 26.4 Å². The standard InChI is InChI=1S/C24H18BrCl2NO3/c1-12-17-11-18(13-4-7-15(26)8-5-13)20(16-9-6-14(25)10-19(16)27)28-23(17)31-21(12)22(29)24(2,3)30/h4-11,30H,1-3H3. The van der Waals surface area contributed by atoms with Crippen LogP contribution in [0, 0.1) is 6.92 Å². The number of hydrogen-bond acceptors (Lipinski definition) is 4. The molecule has 0 aliphatic heterocycles. The lowest BCUT2D eigenvalue weighted by atomic mass is 9.96. The quantitative estimate of drug-likeness (QED) is 0.284. The van der Waals surface area contributed by atoms with Crippen LogP contribution in [0.5, 0.6) is 0 Å². The molecule has 0 unspecified atom stereocenters. The number of Topliss-reactive ketones (excluding diaryl/α,β-unsaturated/α-hetero) is 1. The average molecular weight is 519 g/mol. The van der Waals surface area contributed by atoms with Crippen LogP contribution in [0.15, 0.2) is 57.4 Å². The number of pyridine rings is 1. The molecule has 0 saturated heterocycles. The molecule has 0 saturated carbocycles. The first-order valence-electron chi connectivity index (χ1n) is 9.49. The van der Waals surface area contributed by atoms with Crippen LogP contribution < -0.4 is 0 Å². The van der Waals surface area contributed by atoms with E-state index in [2.05, 4.69) is 15.9 Å². The Bertz CT molecular complexity index is 1320. The van der Waals surface area contributed by atoms with Gasteiger partial charge in [0.05, 0.1) is 10.7 Å². The van der Waals surface area contributed by atoms with Gasteiger partial charge in [0.2, 0.25) is 11.5 Å². The van der Waals surface area contributed by atoms with Gasteiger partial charge < -0.3 is 9.52 Å². The monoisotopic (exact) mass is 517 g/mol. The molecular formula is C24H18BrCl2NO3. The first-order valence-corrected chi connectivity index (χ1v) is 11.0. The molecule has 4 nitrogen and oxygen atoms in total. The van der Waals surface area contributed by atoms with Gasteiger partial charge in [-0.15, -0.1) is 0 Å². The number of hydrogen-bond donors (Lipinski definition) is 1. The molecule has 2 aromatic carbocycles. The average Bonchev–Trinajstić information content (AvgIpc) is 3.02.